The topological polar surface area (TPSA) is 15.3 Å². The van der Waals surface area contributed by atoms with Crippen molar-refractivity contribution >= 4 is 12.4 Å². The Hall–Kier alpha value is -0.780. The van der Waals surface area contributed by atoms with Crippen molar-refractivity contribution in [1.29, 1.82) is 0 Å². The lowest BCUT2D eigenvalue weighted by molar-refractivity contribution is -0.138. The van der Waals surface area contributed by atoms with Gasteiger partial charge in [-0.25, -0.2) is 0 Å². The van der Waals surface area contributed by atoms with Crippen molar-refractivity contribution in [1.82, 2.24) is 10.2 Å². The molecule has 21 heavy (non-hydrogen) atoms. The van der Waals surface area contributed by atoms with Gasteiger partial charge in [0.2, 0.25) is 0 Å². The van der Waals surface area contributed by atoms with Crippen LogP contribution < -0.4 is 5.32 Å². The Bertz CT molecular complexity index is 429. The molecule has 0 bridgehead atoms. The molecule has 1 aliphatic heterocycles. The normalized spacial score (nSPS) is 20.0. The van der Waals surface area contributed by atoms with Crippen LogP contribution in [0.4, 0.5) is 13.2 Å². The number of nitrogens with zero attached hydrogens (tertiary/aromatic N) is 1. The smallest absolute Gasteiger partial charge is 0.317 e. The molecule has 1 saturated heterocycles. The van der Waals surface area contributed by atoms with Gasteiger partial charge in [0.15, 0.2) is 0 Å². The van der Waals surface area contributed by atoms with E-state index in [1.165, 1.54) is 6.07 Å². The summed E-state index contributed by atoms with van der Waals surface area (Å²) in [5, 5.41) is 3.32. The Kier molecular flexibility index (Phi) is 6.97. The zero-order valence-corrected chi connectivity index (χ0v) is 12.9. The van der Waals surface area contributed by atoms with E-state index in [2.05, 4.69) is 10.2 Å². The van der Waals surface area contributed by atoms with Crippen LogP contribution in [0.5, 0.6) is 0 Å². The molecule has 1 fully saturated rings. The summed E-state index contributed by atoms with van der Waals surface area (Å²) in [6.45, 7) is 2.29. The van der Waals surface area contributed by atoms with Crippen LogP contribution in [-0.2, 0) is 12.7 Å². The molecule has 120 valence electrons. The first-order valence-electron chi connectivity index (χ1n) is 7.04. The van der Waals surface area contributed by atoms with E-state index in [1.54, 1.807) is 12.1 Å². The molecule has 6 heteroatoms. The summed E-state index contributed by atoms with van der Waals surface area (Å²) in [5.74, 6) is 0. The lowest BCUT2D eigenvalue weighted by atomic mass is 10.0. The summed E-state index contributed by atoms with van der Waals surface area (Å²) in [5.41, 5.74) is -0.154. The summed E-state index contributed by atoms with van der Waals surface area (Å²) in [4.78, 5) is 2.05. The summed E-state index contributed by atoms with van der Waals surface area (Å²) < 4.78 is 38.9. The number of alkyl halides is 3. The highest BCUT2D eigenvalue weighted by Gasteiger charge is 2.33. The number of halogens is 4. The van der Waals surface area contributed by atoms with Gasteiger partial charge in [-0.05, 0) is 51.0 Å². The van der Waals surface area contributed by atoms with E-state index in [9.17, 15) is 13.2 Å². The summed E-state index contributed by atoms with van der Waals surface area (Å²) in [6.07, 6.45) is -1.17. The van der Waals surface area contributed by atoms with Gasteiger partial charge in [0, 0.05) is 12.6 Å². The minimum Gasteiger partial charge on any atom is -0.317 e. The molecule has 0 aliphatic carbocycles. The molecule has 0 amide bonds. The quantitative estimate of drug-likeness (QED) is 0.913. The Morgan fingerprint density at radius 1 is 1.19 bits per heavy atom. The number of benzene rings is 1. The van der Waals surface area contributed by atoms with Gasteiger partial charge in [0.25, 0.3) is 0 Å². The molecule has 1 N–H and O–H groups in total. The van der Waals surface area contributed by atoms with Gasteiger partial charge in [-0.2, -0.15) is 13.2 Å². The Morgan fingerprint density at radius 2 is 1.90 bits per heavy atom. The third-order valence-corrected chi connectivity index (χ3v) is 3.91. The monoisotopic (exact) mass is 322 g/mol. The lowest BCUT2D eigenvalue weighted by Gasteiger charge is -2.28. The van der Waals surface area contributed by atoms with Gasteiger partial charge in [-0.1, -0.05) is 18.2 Å². The highest BCUT2D eigenvalue weighted by molar-refractivity contribution is 5.85. The molecule has 0 aromatic heterocycles. The van der Waals surface area contributed by atoms with E-state index in [1.807, 2.05) is 7.05 Å². The number of hydrogen-bond acceptors (Lipinski definition) is 2. The van der Waals surface area contributed by atoms with Crippen LogP contribution in [-0.4, -0.2) is 31.1 Å². The maximum absolute atomic E-state index is 13.0. The first-order chi connectivity index (χ1) is 9.48. The van der Waals surface area contributed by atoms with Gasteiger partial charge in [0.1, 0.15) is 0 Å². The fraction of sp³-hybridized carbons (Fsp3) is 0.600. The molecule has 1 atom stereocenters. The fourth-order valence-corrected chi connectivity index (χ4v) is 2.77. The van der Waals surface area contributed by atoms with Crippen LogP contribution in [0.2, 0.25) is 0 Å². The first-order valence-corrected chi connectivity index (χ1v) is 7.04. The zero-order valence-electron chi connectivity index (χ0n) is 12.1. The SMILES string of the molecule is CN(Cc1ccccc1C(F)(F)F)C1CCCNCC1.Cl. The van der Waals surface area contributed by atoms with Gasteiger partial charge in [-0.15, -0.1) is 12.4 Å². The summed E-state index contributed by atoms with van der Waals surface area (Å²) >= 11 is 0. The van der Waals surface area contributed by atoms with Crippen molar-refractivity contribution in [3.63, 3.8) is 0 Å². The largest absolute Gasteiger partial charge is 0.416 e. The van der Waals surface area contributed by atoms with Gasteiger partial charge < -0.3 is 5.32 Å². The predicted molar refractivity (Wildman–Crippen MR) is 80.7 cm³/mol. The van der Waals surface area contributed by atoms with E-state index in [0.29, 0.717) is 18.2 Å². The maximum Gasteiger partial charge on any atom is 0.416 e. The molecule has 1 unspecified atom stereocenters. The average molecular weight is 323 g/mol. The standard InChI is InChI=1S/C15H21F3N2.ClH/c1-20(13-6-4-9-19-10-8-13)11-12-5-2-3-7-14(12)15(16,17)18;/h2-3,5,7,13,19H,4,6,8-11H2,1H3;1H. The Balaban J connectivity index is 0.00000220. The van der Waals surface area contributed by atoms with Crippen molar-refractivity contribution < 1.29 is 13.2 Å². The molecule has 1 aromatic rings. The predicted octanol–water partition coefficient (Wildman–Crippen LogP) is 3.70. The molecule has 0 saturated carbocycles. The zero-order chi connectivity index (χ0) is 14.6. The van der Waals surface area contributed by atoms with Crippen LogP contribution in [0, 0.1) is 0 Å². The first kappa shape index (κ1) is 18.3. The van der Waals surface area contributed by atoms with Crippen molar-refractivity contribution in [2.45, 2.75) is 38.0 Å². The molecule has 2 nitrogen and oxygen atoms in total. The maximum atomic E-state index is 13.0. The third kappa shape index (κ3) is 5.16. The molecule has 1 aromatic carbocycles. The van der Waals surface area contributed by atoms with E-state index in [-0.39, 0.29) is 12.4 Å². The fourth-order valence-electron chi connectivity index (χ4n) is 2.77. The van der Waals surface area contributed by atoms with E-state index in [0.717, 1.165) is 38.4 Å². The highest BCUT2D eigenvalue weighted by atomic mass is 35.5. The van der Waals surface area contributed by atoms with Crippen molar-refractivity contribution in [3.8, 4) is 0 Å². The molecule has 0 spiro atoms. The second-order valence-corrected chi connectivity index (χ2v) is 5.40. The molecule has 1 aliphatic rings. The van der Waals surface area contributed by atoms with Crippen molar-refractivity contribution in [2.75, 3.05) is 20.1 Å². The molecular weight excluding hydrogens is 301 g/mol. The van der Waals surface area contributed by atoms with Crippen LogP contribution in [0.25, 0.3) is 0 Å². The molecule has 2 rings (SSSR count). The highest BCUT2D eigenvalue weighted by Crippen LogP contribution is 2.32. The minimum atomic E-state index is -4.28. The molecule has 0 radical (unpaired) electrons. The van der Waals surface area contributed by atoms with Gasteiger partial charge in [-0.3, -0.25) is 4.90 Å². The van der Waals surface area contributed by atoms with Crippen molar-refractivity contribution in [2.24, 2.45) is 0 Å². The average Bonchev–Trinajstić information content (AvgIpc) is 2.67. The number of hydrogen-bond donors (Lipinski definition) is 1. The molecule has 1 heterocycles. The summed E-state index contributed by atoms with van der Waals surface area (Å²) in [6, 6.07) is 6.22. The second-order valence-electron chi connectivity index (χ2n) is 5.40. The van der Waals surface area contributed by atoms with E-state index < -0.39 is 11.7 Å². The van der Waals surface area contributed by atoms with Crippen LogP contribution in [0.1, 0.15) is 30.4 Å². The lowest BCUT2D eigenvalue weighted by Crippen LogP contribution is -2.32. The number of nitrogens with one attached hydrogen (secondary N) is 1. The van der Waals surface area contributed by atoms with E-state index >= 15 is 0 Å². The van der Waals surface area contributed by atoms with Crippen LogP contribution in [0.15, 0.2) is 24.3 Å². The van der Waals surface area contributed by atoms with Crippen LogP contribution >= 0.6 is 12.4 Å². The third-order valence-electron chi connectivity index (χ3n) is 3.91. The minimum absolute atomic E-state index is 0. The number of rotatable bonds is 3. The van der Waals surface area contributed by atoms with Crippen LogP contribution in [0.3, 0.4) is 0 Å². The Morgan fingerprint density at radius 3 is 2.62 bits per heavy atom. The van der Waals surface area contributed by atoms with Crippen molar-refractivity contribution in [3.05, 3.63) is 35.4 Å². The van der Waals surface area contributed by atoms with Gasteiger partial charge in [0.05, 0.1) is 5.56 Å². The Labute approximate surface area is 130 Å². The van der Waals surface area contributed by atoms with E-state index in [4.69, 9.17) is 0 Å². The summed E-state index contributed by atoms with van der Waals surface area (Å²) in [7, 11) is 1.92. The molecular formula is C15H22ClF3N2. The van der Waals surface area contributed by atoms with Gasteiger partial charge >= 0.3 is 6.18 Å². The second kappa shape index (κ2) is 8.01.